The predicted molar refractivity (Wildman–Crippen MR) is 104 cm³/mol. The maximum absolute atomic E-state index is 12.0. The van der Waals surface area contributed by atoms with Gasteiger partial charge in [0.15, 0.2) is 12.7 Å². The third kappa shape index (κ3) is 5.98. The van der Waals surface area contributed by atoms with Crippen LogP contribution in [0, 0.1) is 10.1 Å². The van der Waals surface area contributed by atoms with Gasteiger partial charge >= 0.3 is 5.97 Å². The van der Waals surface area contributed by atoms with Crippen molar-refractivity contribution in [2.45, 2.75) is 13.0 Å². The molecule has 0 spiro atoms. The zero-order chi connectivity index (χ0) is 20.8. The molecule has 8 nitrogen and oxygen atoms in total. The van der Waals surface area contributed by atoms with Crippen LogP contribution in [-0.4, -0.2) is 29.5 Å². The van der Waals surface area contributed by atoms with Crippen LogP contribution in [0.2, 0.25) is 15.1 Å². The lowest BCUT2D eigenvalue weighted by atomic mass is 10.2. The normalized spacial score (nSPS) is 11.4. The van der Waals surface area contributed by atoms with E-state index in [2.05, 4.69) is 5.32 Å². The number of nitrogens with zero attached hydrogens (tertiary/aromatic N) is 1. The van der Waals surface area contributed by atoms with Crippen molar-refractivity contribution in [2.24, 2.45) is 0 Å². The van der Waals surface area contributed by atoms with Crippen molar-refractivity contribution in [2.75, 3.05) is 11.9 Å². The summed E-state index contributed by atoms with van der Waals surface area (Å²) in [6.07, 6.45) is -1.06. The first kappa shape index (κ1) is 21.7. The highest BCUT2D eigenvalue weighted by atomic mass is 35.5. The molecule has 148 valence electrons. The standard InChI is InChI=1S/C17H13Cl3N2O6/c1-9(28-15-5-3-10(18)6-12(15)20)17(24)27-8-16(23)21-13-4-2-11(19)7-14(13)22(25)26/h2-7,9H,8H2,1H3,(H,21,23). The van der Waals surface area contributed by atoms with Gasteiger partial charge in [0.2, 0.25) is 0 Å². The molecular formula is C17H13Cl3N2O6. The Hall–Kier alpha value is -2.55. The molecule has 2 aromatic carbocycles. The molecule has 1 atom stereocenters. The number of benzene rings is 2. The molecule has 28 heavy (non-hydrogen) atoms. The summed E-state index contributed by atoms with van der Waals surface area (Å²) >= 11 is 17.4. The fraction of sp³-hybridized carbons (Fsp3) is 0.176. The summed E-state index contributed by atoms with van der Waals surface area (Å²) in [5.41, 5.74) is -0.464. The fourth-order valence-electron chi connectivity index (χ4n) is 2.01. The van der Waals surface area contributed by atoms with Crippen LogP contribution in [0.15, 0.2) is 36.4 Å². The largest absolute Gasteiger partial charge is 0.477 e. The van der Waals surface area contributed by atoms with E-state index in [1.54, 1.807) is 0 Å². The second-order valence-electron chi connectivity index (χ2n) is 5.41. The van der Waals surface area contributed by atoms with Crippen LogP contribution in [0.4, 0.5) is 11.4 Å². The van der Waals surface area contributed by atoms with E-state index in [0.717, 1.165) is 6.07 Å². The number of anilines is 1. The molecule has 0 fully saturated rings. The molecule has 0 saturated carbocycles. The Labute approximate surface area is 174 Å². The molecule has 0 bridgehead atoms. The van der Waals surface area contributed by atoms with E-state index in [-0.39, 0.29) is 27.2 Å². The average molecular weight is 448 g/mol. The van der Waals surface area contributed by atoms with Crippen LogP contribution in [0.1, 0.15) is 6.92 Å². The third-order valence-corrected chi connectivity index (χ3v) is 4.07. The van der Waals surface area contributed by atoms with Crippen molar-refractivity contribution in [3.05, 3.63) is 61.6 Å². The van der Waals surface area contributed by atoms with Gasteiger partial charge in [0.1, 0.15) is 11.4 Å². The highest BCUT2D eigenvalue weighted by Gasteiger charge is 2.21. The van der Waals surface area contributed by atoms with E-state index in [4.69, 9.17) is 44.3 Å². The number of carbonyl (C=O) groups excluding carboxylic acids is 2. The zero-order valence-electron chi connectivity index (χ0n) is 14.3. The fourth-order valence-corrected chi connectivity index (χ4v) is 2.63. The summed E-state index contributed by atoms with van der Waals surface area (Å²) in [6, 6.07) is 8.21. The molecule has 0 aromatic heterocycles. The van der Waals surface area contributed by atoms with Crippen molar-refractivity contribution in [3.8, 4) is 5.75 Å². The van der Waals surface area contributed by atoms with Crippen molar-refractivity contribution < 1.29 is 24.0 Å². The minimum absolute atomic E-state index is 0.0762. The third-order valence-electron chi connectivity index (χ3n) is 3.31. The first-order valence-electron chi connectivity index (χ1n) is 7.69. The van der Waals surface area contributed by atoms with Crippen LogP contribution in [0.3, 0.4) is 0 Å². The van der Waals surface area contributed by atoms with Gasteiger partial charge in [0.05, 0.1) is 9.95 Å². The second-order valence-corrected chi connectivity index (χ2v) is 6.69. The Bertz CT molecular complexity index is 922. The smallest absolute Gasteiger partial charge is 0.347 e. The van der Waals surface area contributed by atoms with Gasteiger partial charge in [-0.1, -0.05) is 34.8 Å². The van der Waals surface area contributed by atoms with Crippen LogP contribution < -0.4 is 10.1 Å². The van der Waals surface area contributed by atoms with Gasteiger partial charge in [-0.3, -0.25) is 14.9 Å². The van der Waals surface area contributed by atoms with E-state index < -0.39 is 29.5 Å². The number of hydrogen-bond donors (Lipinski definition) is 1. The highest BCUT2D eigenvalue weighted by Crippen LogP contribution is 2.29. The number of halogens is 3. The first-order chi connectivity index (χ1) is 13.2. The second kappa shape index (κ2) is 9.59. The highest BCUT2D eigenvalue weighted by molar-refractivity contribution is 6.35. The monoisotopic (exact) mass is 446 g/mol. The number of nitrogens with one attached hydrogen (secondary N) is 1. The summed E-state index contributed by atoms with van der Waals surface area (Å²) in [7, 11) is 0. The molecule has 2 aromatic rings. The molecule has 0 radical (unpaired) electrons. The molecule has 0 aliphatic heterocycles. The summed E-state index contributed by atoms with van der Waals surface area (Å²) < 4.78 is 10.2. The van der Waals surface area contributed by atoms with Crippen LogP contribution in [-0.2, 0) is 14.3 Å². The Morgan fingerprint density at radius 3 is 2.43 bits per heavy atom. The van der Waals surface area contributed by atoms with E-state index in [1.165, 1.54) is 37.3 Å². The zero-order valence-corrected chi connectivity index (χ0v) is 16.5. The number of rotatable bonds is 7. The number of amides is 1. The summed E-state index contributed by atoms with van der Waals surface area (Å²) in [5.74, 6) is -1.38. The number of ether oxygens (including phenoxy) is 2. The molecular weight excluding hydrogens is 435 g/mol. The lowest BCUT2D eigenvalue weighted by molar-refractivity contribution is -0.383. The molecule has 11 heteroatoms. The molecule has 1 amide bonds. The van der Waals surface area contributed by atoms with Gasteiger partial charge in [-0.15, -0.1) is 0 Å². The number of nitro groups is 1. The summed E-state index contributed by atoms with van der Waals surface area (Å²) in [5, 5.41) is 14.0. The number of carbonyl (C=O) groups is 2. The van der Waals surface area contributed by atoms with E-state index in [1.807, 2.05) is 0 Å². The molecule has 2 rings (SSSR count). The van der Waals surface area contributed by atoms with Crippen LogP contribution in [0.25, 0.3) is 0 Å². The Kier molecular flexibility index (Phi) is 7.45. The van der Waals surface area contributed by atoms with Crippen molar-refractivity contribution >= 4 is 58.1 Å². The van der Waals surface area contributed by atoms with E-state index in [0.29, 0.717) is 5.02 Å². The van der Waals surface area contributed by atoms with Gasteiger partial charge in [-0.05, 0) is 37.3 Å². The van der Waals surface area contributed by atoms with Gasteiger partial charge in [0, 0.05) is 16.1 Å². The molecule has 1 unspecified atom stereocenters. The van der Waals surface area contributed by atoms with Crippen molar-refractivity contribution in [3.63, 3.8) is 0 Å². The molecule has 0 saturated heterocycles. The maximum atomic E-state index is 12.0. The summed E-state index contributed by atoms with van der Waals surface area (Å²) in [4.78, 5) is 34.2. The van der Waals surface area contributed by atoms with Gasteiger partial charge < -0.3 is 14.8 Å². The lowest BCUT2D eigenvalue weighted by Gasteiger charge is -2.15. The molecule has 0 heterocycles. The number of nitro benzene ring substituents is 1. The minimum Gasteiger partial charge on any atom is -0.477 e. The topological polar surface area (TPSA) is 108 Å². The number of esters is 1. The quantitative estimate of drug-likeness (QED) is 0.380. The average Bonchev–Trinajstić information content (AvgIpc) is 2.63. The molecule has 0 aliphatic rings. The maximum Gasteiger partial charge on any atom is 0.347 e. The predicted octanol–water partition coefficient (Wildman–Crippen LogP) is 4.50. The van der Waals surface area contributed by atoms with Crippen molar-refractivity contribution in [1.82, 2.24) is 0 Å². The SMILES string of the molecule is CC(Oc1ccc(Cl)cc1Cl)C(=O)OCC(=O)Nc1ccc(Cl)cc1[N+](=O)[O-]. The Morgan fingerprint density at radius 2 is 1.79 bits per heavy atom. The van der Waals surface area contributed by atoms with Gasteiger partial charge in [-0.2, -0.15) is 0 Å². The van der Waals surface area contributed by atoms with Crippen LogP contribution >= 0.6 is 34.8 Å². The first-order valence-corrected chi connectivity index (χ1v) is 8.83. The van der Waals surface area contributed by atoms with Crippen molar-refractivity contribution in [1.29, 1.82) is 0 Å². The van der Waals surface area contributed by atoms with Gasteiger partial charge in [-0.25, -0.2) is 4.79 Å². The minimum atomic E-state index is -1.06. The van der Waals surface area contributed by atoms with E-state index in [9.17, 15) is 19.7 Å². The Morgan fingerprint density at radius 1 is 1.14 bits per heavy atom. The molecule has 0 aliphatic carbocycles. The lowest BCUT2D eigenvalue weighted by Crippen LogP contribution is -2.30. The van der Waals surface area contributed by atoms with Crippen LogP contribution in [0.5, 0.6) is 5.75 Å². The Balaban J connectivity index is 1.91. The van der Waals surface area contributed by atoms with E-state index >= 15 is 0 Å². The molecule has 1 N–H and O–H groups in total. The number of hydrogen-bond acceptors (Lipinski definition) is 6. The van der Waals surface area contributed by atoms with Gasteiger partial charge in [0.25, 0.3) is 11.6 Å². The summed E-state index contributed by atoms with van der Waals surface area (Å²) in [6.45, 7) is 0.746.